The number of aliphatic hydroxyl groups is 1. The molecule has 1 aliphatic carbocycles. The molecule has 12 nitrogen and oxygen atoms in total. The van der Waals surface area contributed by atoms with E-state index in [1.807, 2.05) is 0 Å². The zero-order valence-corrected chi connectivity index (χ0v) is 28.7. The number of hydrogen-bond donors (Lipinski definition) is 2. The summed E-state index contributed by atoms with van der Waals surface area (Å²) in [5.41, 5.74) is 1.90. The van der Waals surface area contributed by atoms with Crippen molar-refractivity contribution in [3.8, 4) is 17.2 Å². The molecular weight excluding hydrogens is 656 g/mol. The van der Waals surface area contributed by atoms with Gasteiger partial charge in [-0.3, -0.25) is 19.2 Å². The Kier molecular flexibility index (Phi) is 11.7. The third-order valence-corrected chi connectivity index (χ3v) is 9.45. The fourth-order valence-electron chi connectivity index (χ4n) is 7.00. The van der Waals surface area contributed by atoms with Gasteiger partial charge in [0.25, 0.3) is 5.91 Å². The molecule has 2 aliphatic heterocycles. The van der Waals surface area contributed by atoms with Gasteiger partial charge in [-0.2, -0.15) is 0 Å². The summed E-state index contributed by atoms with van der Waals surface area (Å²) in [4.78, 5) is 57.1. The Morgan fingerprint density at radius 2 is 1.71 bits per heavy atom. The number of esters is 2. The van der Waals surface area contributed by atoms with Crippen molar-refractivity contribution in [2.45, 2.75) is 76.5 Å². The molecule has 2 amide bonds. The normalized spacial score (nSPS) is 19.5. The Hall–Kier alpha value is -5.10. The van der Waals surface area contributed by atoms with Gasteiger partial charge in [-0.15, -0.1) is 0 Å². The summed E-state index contributed by atoms with van der Waals surface area (Å²) in [6.45, 7) is 2.07. The number of benzene rings is 3. The van der Waals surface area contributed by atoms with E-state index in [0.29, 0.717) is 46.0 Å². The van der Waals surface area contributed by atoms with Gasteiger partial charge in [0.15, 0.2) is 11.5 Å². The quantitative estimate of drug-likeness (QED) is 0.183. The summed E-state index contributed by atoms with van der Waals surface area (Å²) in [7, 11) is 0. The minimum Gasteiger partial charge on any atom is -0.493 e. The van der Waals surface area contributed by atoms with Gasteiger partial charge in [-0.25, -0.2) is 0 Å². The first-order chi connectivity index (χ1) is 24.9. The first kappa shape index (κ1) is 35.7. The maximum atomic E-state index is 14.5. The highest BCUT2D eigenvalue weighted by atomic mass is 16.7. The van der Waals surface area contributed by atoms with E-state index in [2.05, 4.69) is 5.32 Å². The molecule has 12 heteroatoms. The van der Waals surface area contributed by atoms with Crippen LogP contribution in [0.1, 0.15) is 79.4 Å². The van der Waals surface area contributed by atoms with E-state index >= 15 is 0 Å². The smallest absolute Gasteiger partial charge is 0.310 e. The Bertz CT molecular complexity index is 1710. The van der Waals surface area contributed by atoms with Gasteiger partial charge in [-0.1, -0.05) is 43.5 Å². The van der Waals surface area contributed by atoms with E-state index in [1.54, 1.807) is 73.7 Å². The molecule has 3 aliphatic rings. The lowest BCUT2D eigenvalue weighted by atomic mass is 9.84. The number of carbonyl (C=O) groups excluding carboxylic acids is 4. The highest BCUT2D eigenvalue weighted by Crippen LogP contribution is 2.43. The molecule has 6 rings (SSSR count). The number of nitrogens with one attached hydrogen (secondary N) is 1. The van der Waals surface area contributed by atoms with Crippen molar-refractivity contribution >= 4 is 29.4 Å². The van der Waals surface area contributed by atoms with Crippen LogP contribution in [0.5, 0.6) is 17.2 Å². The van der Waals surface area contributed by atoms with Gasteiger partial charge in [-0.05, 0) is 67.8 Å². The van der Waals surface area contributed by atoms with Gasteiger partial charge in [0.2, 0.25) is 12.7 Å². The standard InChI is InChI=1S/C39H44N2O10/c1-2-47-34(43)23-31-37(51-35(44)21-25-14-17-32-33(20-25)50-24-49-32)36(40-38(45)26-10-5-3-6-11-26)29-22-28(48-19-9-18-42)15-16-30(29)41(31)39(46)27-12-7-4-8-13-27/h4,7-8,12-17,20,22,26,31,36-37,42H,2-3,5-6,9-11,18-19,21,23-24H2,1H3,(H,40,45)/t31-,36-,37-/m0/s1. The highest BCUT2D eigenvalue weighted by molar-refractivity contribution is 6.08. The summed E-state index contributed by atoms with van der Waals surface area (Å²) < 4.78 is 28.5. The van der Waals surface area contributed by atoms with Gasteiger partial charge in [0.05, 0.1) is 43.8 Å². The first-order valence-electron chi connectivity index (χ1n) is 17.7. The second-order valence-corrected chi connectivity index (χ2v) is 12.9. The first-order valence-corrected chi connectivity index (χ1v) is 17.7. The molecule has 3 aromatic rings. The predicted molar refractivity (Wildman–Crippen MR) is 186 cm³/mol. The summed E-state index contributed by atoms with van der Waals surface area (Å²) in [5.74, 6) is -0.531. The van der Waals surface area contributed by atoms with Crippen molar-refractivity contribution in [2.75, 3.05) is 31.5 Å². The second kappa shape index (κ2) is 16.7. The Morgan fingerprint density at radius 1 is 0.922 bits per heavy atom. The number of amides is 2. The minimum atomic E-state index is -1.20. The van der Waals surface area contributed by atoms with Crippen LogP contribution in [-0.2, 0) is 30.3 Å². The summed E-state index contributed by atoms with van der Waals surface area (Å²) >= 11 is 0. The lowest BCUT2D eigenvalue weighted by Crippen LogP contribution is -2.59. The average molecular weight is 701 g/mol. The topological polar surface area (TPSA) is 150 Å². The Labute approximate surface area is 297 Å². The van der Waals surface area contributed by atoms with E-state index < -0.39 is 36.0 Å². The molecule has 3 atom stereocenters. The van der Waals surface area contributed by atoms with Crippen molar-refractivity contribution in [3.63, 3.8) is 0 Å². The number of carbonyl (C=O) groups is 4. The lowest BCUT2D eigenvalue weighted by molar-refractivity contribution is -0.155. The fraction of sp³-hybridized carbons (Fsp3) is 0.436. The average Bonchev–Trinajstić information content (AvgIpc) is 3.62. The van der Waals surface area contributed by atoms with Crippen molar-refractivity contribution in [1.29, 1.82) is 0 Å². The number of anilines is 1. The molecule has 0 radical (unpaired) electrons. The molecule has 0 bridgehead atoms. The molecule has 3 aromatic carbocycles. The second-order valence-electron chi connectivity index (χ2n) is 12.9. The molecule has 2 heterocycles. The van der Waals surface area contributed by atoms with Gasteiger partial charge >= 0.3 is 11.9 Å². The lowest BCUT2D eigenvalue weighted by Gasteiger charge is -2.46. The molecule has 2 N–H and O–H groups in total. The maximum absolute atomic E-state index is 14.5. The fourth-order valence-corrected chi connectivity index (χ4v) is 7.00. The number of nitrogens with zero attached hydrogens (tertiary/aromatic N) is 1. The molecule has 51 heavy (non-hydrogen) atoms. The van der Waals surface area contributed by atoms with Crippen molar-refractivity contribution < 1.29 is 48.0 Å². The SMILES string of the molecule is CCOC(=O)C[C@H]1[C@H](OC(=O)Cc2ccc3c(c2)OCO3)[C@@H](NC(=O)C2CCCCC2)c2cc(OCCCO)ccc2N1C(=O)c1ccccc1. The molecule has 1 saturated carbocycles. The van der Waals surface area contributed by atoms with Gasteiger partial charge in [0, 0.05) is 30.1 Å². The van der Waals surface area contributed by atoms with Crippen molar-refractivity contribution in [1.82, 2.24) is 5.32 Å². The van der Waals surface area contributed by atoms with Crippen LogP contribution in [0, 0.1) is 5.92 Å². The number of rotatable bonds is 13. The van der Waals surface area contributed by atoms with E-state index in [4.69, 9.17) is 23.7 Å². The molecular formula is C39H44N2O10. The van der Waals surface area contributed by atoms with Crippen LogP contribution in [0.3, 0.4) is 0 Å². The monoisotopic (exact) mass is 700 g/mol. The van der Waals surface area contributed by atoms with E-state index in [0.717, 1.165) is 32.1 Å². The highest BCUT2D eigenvalue weighted by Gasteiger charge is 2.48. The third-order valence-electron chi connectivity index (χ3n) is 9.45. The predicted octanol–water partition coefficient (Wildman–Crippen LogP) is 5.05. The number of hydrogen-bond acceptors (Lipinski definition) is 10. The Morgan fingerprint density at radius 3 is 2.47 bits per heavy atom. The zero-order valence-electron chi connectivity index (χ0n) is 28.7. The summed E-state index contributed by atoms with van der Waals surface area (Å²) in [5, 5.41) is 12.5. The molecule has 0 spiro atoms. The maximum Gasteiger partial charge on any atom is 0.310 e. The van der Waals surface area contributed by atoms with E-state index in [1.165, 1.54) is 4.90 Å². The third kappa shape index (κ3) is 8.45. The molecule has 0 aromatic heterocycles. The largest absolute Gasteiger partial charge is 0.493 e. The van der Waals surface area contributed by atoms with Crippen LogP contribution < -0.4 is 24.4 Å². The van der Waals surface area contributed by atoms with Crippen LogP contribution in [-0.4, -0.2) is 67.6 Å². The molecule has 0 unspecified atom stereocenters. The number of aliphatic hydroxyl groups excluding tert-OH is 1. The van der Waals surface area contributed by atoms with Crippen LogP contribution in [0.25, 0.3) is 0 Å². The number of ether oxygens (including phenoxy) is 5. The molecule has 0 saturated heterocycles. The van der Waals surface area contributed by atoms with Crippen LogP contribution in [0.2, 0.25) is 0 Å². The van der Waals surface area contributed by atoms with E-state index in [-0.39, 0.29) is 51.3 Å². The minimum absolute atomic E-state index is 0.0543. The van der Waals surface area contributed by atoms with E-state index in [9.17, 15) is 24.3 Å². The molecule has 270 valence electrons. The summed E-state index contributed by atoms with van der Waals surface area (Å²) in [6.07, 6.45) is 3.13. The van der Waals surface area contributed by atoms with Crippen LogP contribution >= 0.6 is 0 Å². The van der Waals surface area contributed by atoms with Gasteiger partial charge in [0.1, 0.15) is 11.9 Å². The Balaban J connectivity index is 1.44. The van der Waals surface area contributed by atoms with Gasteiger partial charge < -0.3 is 39.0 Å². The summed E-state index contributed by atoms with van der Waals surface area (Å²) in [6, 6.07) is 16.9. The zero-order chi connectivity index (χ0) is 35.7. The van der Waals surface area contributed by atoms with Crippen molar-refractivity contribution in [3.05, 3.63) is 83.4 Å². The molecule has 1 fully saturated rings. The number of fused-ring (bicyclic) bond motifs is 2. The van der Waals surface area contributed by atoms with Crippen molar-refractivity contribution in [2.24, 2.45) is 5.92 Å². The van der Waals surface area contributed by atoms with Crippen LogP contribution in [0.4, 0.5) is 5.69 Å². The van der Waals surface area contributed by atoms with Crippen LogP contribution in [0.15, 0.2) is 66.7 Å².